The van der Waals surface area contributed by atoms with Crippen LogP contribution in [0.2, 0.25) is 0 Å². The van der Waals surface area contributed by atoms with Crippen LogP contribution in [0.15, 0.2) is 72.8 Å². The van der Waals surface area contributed by atoms with Crippen molar-refractivity contribution in [3.05, 3.63) is 99.6 Å². The van der Waals surface area contributed by atoms with Crippen molar-refractivity contribution in [2.75, 3.05) is 43.4 Å². The molecule has 0 amide bonds. The van der Waals surface area contributed by atoms with Gasteiger partial charge in [0.15, 0.2) is 0 Å². The quantitative estimate of drug-likeness (QED) is 0.459. The summed E-state index contributed by atoms with van der Waals surface area (Å²) >= 11 is 0. The first-order valence-corrected chi connectivity index (χ1v) is 10.6. The minimum absolute atomic E-state index is 0.104. The predicted molar refractivity (Wildman–Crippen MR) is 126 cm³/mol. The zero-order chi connectivity index (χ0) is 21.8. The van der Waals surface area contributed by atoms with Crippen LogP contribution in [-0.4, -0.2) is 43.0 Å². The van der Waals surface area contributed by atoms with Gasteiger partial charge in [-0.15, -0.1) is 0 Å². The maximum absolute atomic E-state index is 11.9. The van der Waals surface area contributed by atoms with Gasteiger partial charge in [-0.05, 0) is 36.7 Å². The lowest BCUT2D eigenvalue weighted by molar-refractivity contribution is -0.384. The number of anilines is 2. The van der Waals surface area contributed by atoms with Gasteiger partial charge in [0.05, 0.1) is 11.0 Å². The molecule has 0 unspecified atom stereocenters. The van der Waals surface area contributed by atoms with E-state index in [4.69, 9.17) is 0 Å². The van der Waals surface area contributed by atoms with Gasteiger partial charge in [-0.25, -0.2) is 0 Å². The molecule has 0 bridgehead atoms. The Morgan fingerprint density at radius 1 is 0.903 bits per heavy atom. The Balaban J connectivity index is 1.75. The topological polar surface area (TPSA) is 61.7 Å². The number of nitro groups is 1. The molecule has 1 aliphatic heterocycles. The van der Waals surface area contributed by atoms with Crippen LogP contribution in [0.5, 0.6) is 0 Å². The Hall–Kier alpha value is -3.38. The average molecular weight is 417 g/mol. The standard InChI is InChI=1S/C25H28N4O2/c1-19-17-24(29(30)31)22(18-23(19)28-15-13-27(2)14-16-28)26-25(20-9-5-3-6-10-20)21-11-7-4-8-12-21/h3-12,17-18,25-26H,13-16H2,1-2H3. The smallest absolute Gasteiger partial charge is 0.292 e. The van der Waals surface area contributed by atoms with Gasteiger partial charge in [-0.3, -0.25) is 10.1 Å². The maximum atomic E-state index is 11.9. The molecule has 0 spiro atoms. The highest BCUT2D eigenvalue weighted by Gasteiger charge is 2.24. The summed E-state index contributed by atoms with van der Waals surface area (Å²) in [6, 6.07) is 23.6. The molecule has 0 aliphatic carbocycles. The fraction of sp³-hybridized carbons (Fsp3) is 0.280. The monoisotopic (exact) mass is 416 g/mol. The molecule has 3 aromatic carbocycles. The number of nitrogens with zero attached hydrogens (tertiary/aromatic N) is 3. The first-order valence-electron chi connectivity index (χ1n) is 10.6. The summed E-state index contributed by atoms with van der Waals surface area (Å²) in [5, 5.41) is 15.4. The van der Waals surface area contributed by atoms with Crippen molar-refractivity contribution < 1.29 is 4.92 Å². The van der Waals surface area contributed by atoms with Crippen LogP contribution in [0.4, 0.5) is 17.1 Å². The van der Waals surface area contributed by atoms with Crippen LogP contribution < -0.4 is 10.2 Å². The number of nitro benzene ring substituents is 1. The fourth-order valence-electron chi connectivity index (χ4n) is 4.14. The number of hydrogen-bond donors (Lipinski definition) is 1. The van der Waals surface area contributed by atoms with E-state index in [2.05, 4.69) is 22.2 Å². The third-order valence-electron chi connectivity index (χ3n) is 5.92. The van der Waals surface area contributed by atoms with Gasteiger partial charge >= 0.3 is 0 Å². The van der Waals surface area contributed by atoms with E-state index in [1.165, 1.54) is 0 Å². The van der Waals surface area contributed by atoms with Crippen molar-refractivity contribution in [3.63, 3.8) is 0 Å². The number of hydrogen-bond acceptors (Lipinski definition) is 5. The second kappa shape index (κ2) is 9.18. The summed E-state index contributed by atoms with van der Waals surface area (Å²) in [5.41, 5.74) is 4.75. The zero-order valence-electron chi connectivity index (χ0n) is 18.0. The molecule has 1 saturated heterocycles. The maximum Gasteiger partial charge on any atom is 0.292 e. The van der Waals surface area contributed by atoms with Gasteiger partial charge < -0.3 is 15.1 Å². The van der Waals surface area contributed by atoms with E-state index in [1.54, 1.807) is 6.07 Å². The van der Waals surface area contributed by atoms with E-state index < -0.39 is 0 Å². The van der Waals surface area contributed by atoms with E-state index in [0.29, 0.717) is 5.69 Å². The van der Waals surface area contributed by atoms with Crippen molar-refractivity contribution >= 4 is 17.1 Å². The summed E-state index contributed by atoms with van der Waals surface area (Å²) < 4.78 is 0. The molecule has 0 saturated carbocycles. The SMILES string of the molecule is Cc1cc([N+](=O)[O-])c(NC(c2ccccc2)c2ccccc2)cc1N1CCN(C)CC1. The summed E-state index contributed by atoms with van der Waals surface area (Å²) in [5.74, 6) is 0. The minimum atomic E-state index is -0.295. The minimum Gasteiger partial charge on any atom is -0.369 e. The van der Waals surface area contributed by atoms with Gasteiger partial charge in [0, 0.05) is 37.9 Å². The number of aryl methyl sites for hydroxylation is 1. The highest BCUT2D eigenvalue weighted by Crippen LogP contribution is 2.37. The second-order valence-corrected chi connectivity index (χ2v) is 8.10. The van der Waals surface area contributed by atoms with Crippen molar-refractivity contribution in [2.24, 2.45) is 0 Å². The zero-order valence-corrected chi connectivity index (χ0v) is 18.0. The Bertz CT molecular complexity index is 993. The molecule has 6 heteroatoms. The molecule has 3 aromatic rings. The molecule has 4 rings (SSSR count). The van der Waals surface area contributed by atoms with Gasteiger partial charge in [0.2, 0.25) is 0 Å². The van der Waals surface area contributed by atoms with E-state index in [9.17, 15) is 10.1 Å². The number of piperazine rings is 1. The lowest BCUT2D eigenvalue weighted by Gasteiger charge is -2.35. The van der Waals surface area contributed by atoms with Gasteiger partial charge in [-0.1, -0.05) is 60.7 Å². The lowest BCUT2D eigenvalue weighted by Crippen LogP contribution is -2.44. The number of likely N-dealkylation sites (N-methyl/N-ethyl adjacent to an activating group) is 1. The molecule has 1 N–H and O–H groups in total. The average Bonchev–Trinajstić information content (AvgIpc) is 2.79. The van der Waals surface area contributed by atoms with Crippen molar-refractivity contribution in [2.45, 2.75) is 13.0 Å². The number of benzene rings is 3. The predicted octanol–water partition coefficient (Wildman–Crippen LogP) is 4.86. The molecule has 31 heavy (non-hydrogen) atoms. The Morgan fingerprint density at radius 2 is 1.45 bits per heavy atom. The van der Waals surface area contributed by atoms with Crippen LogP contribution >= 0.6 is 0 Å². The van der Waals surface area contributed by atoms with Gasteiger partial charge in [0.25, 0.3) is 5.69 Å². The van der Waals surface area contributed by atoms with E-state index >= 15 is 0 Å². The second-order valence-electron chi connectivity index (χ2n) is 8.10. The van der Waals surface area contributed by atoms with Gasteiger partial charge in [-0.2, -0.15) is 0 Å². The molecule has 160 valence electrons. The van der Waals surface area contributed by atoms with Crippen LogP contribution in [0.25, 0.3) is 0 Å². The number of rotatable bonds is 6. The molecule has 0 atom stereocenters. The van der Waals surface area contributed by atoms with Crippen LogP contribution in [0.3, 0.4) is 0 Å². The summed E-state index contributed by atoms with van der Waals surface area (Å²) in [6.07, 6.45) is 0. The molecule has 0 aromatic heterocycles. The Morgan fingerprint density at radius 3 is 1.97 bits per heavy atom. The molecule has 1 fully saturated rings. The molecular formula is C25H28N4O2. The summed E-state index contributed by atoms with van der Waals surface area (Å²) in [7, 11) is 2.12. The molecule has 1 heterocycles. The van der Waals surface area contributed by atoms with Crippen molar-refractivity contribution in [3.8, 4) is 0 Å². The molecular weight excluding hydrogens is 388 g/mol. The fourth-order valence-corrected chi connectivity index (χ4v) is 4.14. The van der Waals surface area contributed by atoms with Crippen LogP contribution in [-0.2, 0) is 0 Å². The highest BCUT2D eigenvalue weighted by atomic mass is 16.6. The van der Waals surface area contributed by atoms with E-state index in [0.717, 1.165) is 48.6 Å². The summed E-state index contributed by atoms with van der Waals surface area (Å²) in [6.45, 7) is 5.74. The highest BCUT2D eigenvalue weighted by molar-refractivity contribution is 5.73. The first-order chi connectivity index (χ1) is 15.0. The molecule has 1 aliphatic rings. The third kappa shape index (κ3) is 4.70. The van der Waals surface area contributed by atoms with Crippen LogP contribution in [0, 0.1) is 17.0 Å². The number of nitrogens with one attached hydrogen (secondary N) is 1. The molecule has 6 nitrogen and oxygen atoms in total. The Kier molecular flexibility index (Phi) is 6.18. The summed E-state index contributed by atoms with van der Waals surface area (Å²) in [4.78, 5) is 16.2. The largest absolute Gasteiger partial charge is 0.369 e. The van der Waals surface area contributed by atoms with E-state index in [-0.39, 0.29) is 16.7 Å². The van der Waals surface area contributed by atoms with Gasteiger partial charge in [0.1, 0.15) is 5.69 Å². The first kappa shape index (κ1) is 20.9. The third-order valence-corrected chi connectivity index (χ3v) is 5.92. The normalized spacial score (nSPS) is 14.6. The van der Waals surface area contributed by atoms with Crippen molar-refractivity contribution in [1.82, 2.24) is 4.90 Å². The van der Waals surface area contributed by atoms with Crippen LogP contribution in [0.1, 0.15) is 22.7 Å². The Labute approximate surface area is 183 Å². The van der Waals surface area contributed by atoms with E-state index in [1.807, 2.05) is 73.7 Å². The van der Waals surface area contributed by atoms with Crippen molar-refractivity contribution in [1.29, 1.82) is 0 Å². The molecule has 0 radical (unpaired) electrons. The lowest BCUT2D eigenvalue weighted by atomic mass is 9.98.